The lowest BCUT2D eigenvalue weighted by Crippen LogP contribution is -2.30. The number of carbonyl (C=O) groups is 2. The van der Waals surface area contributed by atoms with Crippen molar-refractivity contribution in [1.82, 2.24) is 0 Å². The normalized spacial score (nSPS) is 14.2. The minimum atomic E-state index is -0.937. The van der Waals surface area contributed by atoms with Gasteiger partial charge in [-0.2, -0.15) is 0 Å². The number of fused-ring (bicyclic) bond motifs is 6. The van der Waals surface area contributed by atoms with E-state index in [0.717, 1.165) is 41.5 Å². The van der Waals surface area contributed by atoms with Crippen LogP contribution in [-0.4, -0.2) is 25.2 Å². The Morgan fingerprint density at radius 2 is 0.952 bits per heavy atom. The molecule has 0 radical (unpaired) electrons. The smallest absolute Gasteiger partial charge is 0.320 e. The van der Waals surface area contributed by atoms with Gasteiger partial charge in [-0.3, -0.25) is 9.59 Å². The molecule has 6 rings (SSSR count). The van der Waals surface area contributed by atoms with E-state index < -0.39 is 17.9 Å². The Morgan fingerprint density at radius 1 is 0.595 bits per heavy atom. The van der Waals surface area contributed by atoms with Crippen LogP contribution in [0.25, 0.3) is 22.3 Å². The van der Waals surface area contributed by atoms with Crippen molar-refractivity contribution in [2.45, 2.75) is 51.4 Å². The van der Waals surface area contributed by atoms with Crippen LogP contribution in [0.1, 0.15) is 73.6 Å². The number of rotatable bonds is 11. The molecule has 1 atom stereocenters. The summed E-state index contributed by atoms with van der Waals surface area (Å²) in [7, 11) is 0. The Morgan fingerprint density at radius 3 is 1.31 bits per heavy atom. The fourth-order valence-corrected chi connectivity index (χ4v) is 6.62. The van der Waals surface area contributed by atoms with Gasteiger partial charge in [-0.25, -0.2) is 0 Å². The molecule has 0 amide bonds. The van der Waals surface area contributed by atoms with Gasteiger partial charge in [0.25, 0.3) is 0 Å². The van der Waals surface area contributed by atoms with Gasteiger partial charge < -0.3 is 9.47 Å². The fourth-order valence-electron chi connectivity index (χ4n) is 6.62. The maximum Gasteiger partial charge on any atom is 0.320 e. The minimum Gasteiger partial charge on any atom is -0.464 e. The van der Waals surface area contributed by atoms with E-state index in [1.807, 2.05) is 48.5 Å². The van der Waals surface area contributed by atoms with Crippen LogP contribution in [0, 0.1) is 11.8 Å². The van der Waals surface area contributed by atoms with E-state index in [1.54, 1.807) is 0 Å². The average Bonchev–Trinajstić information content (AvgIpc) is 3.53. The van der Waals surface area contributed by atoms with Crippen LogP contribution < -0.4 is 0 Å². The predicted octanol–water partition coefficient (Wildman–Crippen LogP) is 8.53. The second-order valence-electron chi connectivity index (χ2n) is 11.7. The molecule has 4 nitrogen and oxygen atoms in total. The maximum absolute atomic E-state index is 13.6. The molecular formula is C38H38O4. The number of esters is 2. The van der Waals surface area contributed by atoms with Crippen molar-refractivity contribution >= 4 is 11.9 Å². The standard InChI is InChI=1S/C38H38O4/c1-3-25(2)13-12-22-34(37(39)41-23-35-30-18-8-4-14-26(30)27-15-5-9-19-31(27)35)38(40)42-24-36-32-20-10-6-16-28(32)29-17-7-11-21-33(29)36/h4-11,14-21,25,34-36H,3,12-13,22-24H2,1-2H3. The Labute approximate surface area is 248 Å². The van der Waals surface area contributed by atoms with Gasteiger partial charge in [0.15, 0.2) is 5.92 Å². The molecule has 0 N–H and O–H groups in total. The van der Waals surface area contributed by atoms with Crippen molar-refractivity contribution in [2.75, 3.05) is 13.2 Å². The van der Waals surface area contributed by atoms with Crippen LogP contribution >= 0.6 is 0 Å². The number of hydrogen-bond donors (Lipinski definition) is 0. The van der Waals surface area contributed by atoms with Gasteiger partial charge in [-0.1, -0.05) is 130 Å². The van der Waals surface area contributed by atoms with Crippen molar-refractivity contribution in [1.29, 1.82) is 0 Å². The maximum atomic E-state index is 13.6. The van der Waals surface area contributed by atoms with E-state index in [4.69, 9.17) is 9.47 Å². The SMILES string of the molecule is CCC(C)CCCC(C(=O)OCC1c2ccccc2-c2ccccc21)C(=O)OCC1c2ccccc2-c2ccccc21. The molecule has 0 heterocycles. The van der Waals surface area contributed by atoms with E-state index in [-0.39, 0.29) is 25.0 Å². The zero-order chi connectivity index (χ0) is 29.1. The molecule has 0 aliphatic heterocycles. The van der Waals surface area contributed by atoms with E-state index >= 15 is 0 Å². The number of benzene rings is 4. The second kappa shape index (κ2) is 12.4. The third kappa shape index (κ3) is 5.38. The number of ether oxygens (including phenoxy) is 2. The first-order valence-corrected chi connectivity index (χ1v) is 15.3. The molecule has 0 saturated heterocycles. The lowest BCUT2D eigenvalue weighted by atomic mass is 9.95. The Kier molecular flexibility index (Phi) is 8.23. The van der Waals surface area contributed by atoms with E-state index in [1.165, 1.54) is 22.3 Å². The highest BCUT2D eigenvalue weighted by Crippen LogP contribution is 2.46. The Bertz CT molecular complexity index is 1390. The molecule has 2 aliphatic carbocycles. The highest BCUT2D eigenvalue weighted by molar-refractivity contribution is 5.95. The Balaban J connectivity index is 1.17. The molecule has 0 aromatic heterocycles. The van der Waals surface area contributed by atoms with Gasteiger partial charge in [0.05, 0.1) is 0 Å². The lowest BCUT2D eigenvalue weighted by molar-refractivity contribution is -0.162. The first-order valence-electron chi connectivity index (χ1n) is 15.3. The van der Waals surface area contributed by atoms with Crippen molar-refractivity contribution < 1.29 is 19.1 Å². The van der Waals surface area contributed by atoms with Gasteiger partial charge >= 0.3 is 11.9 Å². The van der Waals surface area contributed by atoms with Crippen LogP contribution in [0.3, 0.4) is 0 Å². The van der Waals surface area contributed by atoms with Crippen LogP contribution in [0.5, 0.6) is 0 Å². The summed E-state index contributed by atoms with van der Waals surface area (Å²) in [6.07, 6.45) is 3.23. The summed E-state index contributed by atoms with van der Waals surface area (Å²) < 4.78 is 11.9. The predicted molar refractivity (Wildman–Crippen MR) is 166 cm³/mol. The summed E-state index contributed by atoms with van der Waals surface area (Å²) in [5.41, 5.74) is 9.32. The first-order chi connectivity index (χ1) is 20.6. The molecule has 4 heteroatoms. The highest BCUT2D eigenvalue weighted by Gasteiger charge is 2.35. The summed E-state index contributed by atoms with van der Waals surface area (Å²) in [5, 5.41) is 0. The molecule has 0 saturated carbocycles. The summed E-state index contributed by atoms with van der Waals surface area (Å²) >= 11 is 0. The molecule has 1 unspecified atom stereocenters. The molecular weight excluding hydrogens is 520 g/mol. The molecule has 0 spiro atoms. The van der Waals surface area contributed by atoms with E-state index in [9.17, 15) is 9.59 Å². The van der Waals surface area contributed by atoms with Crippen molar-refractivity contribution in [2.24, 2.45) is 11.8 Å². The Hall–Kier alpha value is -4.18. The topological polar surface area (TPSA) is 52.6 Å². The molecule has 214 valence electrons. The number of hydrogen-bond acceptors (Lipinski definition) is 4. The van der Waals surface area contributed by atoms with E-state index in [0.29, 0.717) is 12.3 Å². The summed E-state index contributed by atoms with van der Waals surface area (Å²) in [4.78, 5) is 27.2. The molecule has 4 aromatic carbocycles. The first kappa shape index (κ1) is 28.0. The molecule has 0 bridgehead atoms. The fraction of sp³-hybridized carbons (Fsp3) is 0.316. The average molecular weight is 559 g/mol. The summed E-state index contributed by atoms with van der Waals surface area (Å²) in [5.74, 6) is -1.48. The minimum absolute atomic E-state index is 0.0513. The third-order valence-electron chi connectivity index (χ3n) is 9.17. The van der Waals surface area contributed by atoms with Gasteiger partial charge in [0, 0.05) is 11.8 Å². The largest absolute Gasteiger partial charge is 0.464 e. The summed E-state index contributed by atoms with van der Waals surface area (Å²) in [6, 6.07) is 33.1. The summed E-state index contributed by atoms with van der Waals surface area (Å²) in [6.45, 7) is 4.77. The zero-order valence-electron chi connectivity index (χ0n) is 24.4. The second-order valence-corrected chi connectivity index (χ2v) is 11.7. The van der Waals surface area contributed by atoms with Gasteiger partial charge in [0.1, 0.15) is 13.2 Å². The molecule has 2 aliphatic rings. The van der Waals surface area contributed by atoms with Crippen molar-refractivity contribution in [3.63, 3.8) is 0 Å². The quantitative estimate of drug-likeness (QED) is 0.137. The third-order valence-corrected chi connectivity index (χ3v) is 9.17. The van der Waals surface area contributed by atoms with Crippen LogP contribution in [0.2, 0.25) is 0 Å². The molecule has 0 fully saturated rings. The number of carbonyl (C=O) groups excluding carboxylic acids is 2. The van der Waals surface area contributed by atoms with Crippen LogP contribution in [-0.2, 0) is 19.1 Å². The van der Waals surface area contributed by atoms with Gasteiger partial charge in [-0.15, -0.1) is 0 Å². The van der Waals surface area contributed by atoms with Crippen molar-refractivity contribution in [3.05, 3.63) is 119 Å². The van der Waals surface area contributed by atoms with Crippen LogP contribution in [0.15, 0.2) is 97.1 Å². The molecule has 42 heavy (non-hydrogen) atoms. The lowest BCUT2D eigenvalue weighted by Gasteiger charge is -2.20. The molecule has 4 aromatic rings. The van der Waals surface area contributed by atoms with Gasteiger partial charge in [0.2, 0.25) is 0 Å². The van der Waals surface area contributed by atoms with Crippen LogP contribution in [0.4, 0.5) is 0 Å². The monoisotopic (exact) mass is 558 g/mol. The zero-order valence-corrected chi connectivity index (χ0v) is 24.4. The highest BCUT2D eigenvalue weighted by atomic mass is 16.6. The van der Waals surface area contributed by atoms with E-state index in [2.05, 4.69) is 62.4 Å². The van der Waals surface area contributed by atoms with Gasteiger partial charge in [-0.05, 0) is 56.8 Å². The van der Waals surface area contributed by atoms with Crippen molar-refractivity contribution in [3.8, 4) is 22.3 Å².